The Morgan fingerprint density at radius 3 is 2.45 bits per heavy atom. The van der Waals surface area contributed by atoms with Gasteiger partial charge in [-0.25, -0.2) is 9.78 Å². The van der Waals surface area contributed by atoms with Crippen LogP contribution in [0.3, 0.4) is 0 Å². The molecule has 4 aromatic rings. The molecule has 0 amide bonds. The molecule has 0 atom stereocenters. The first-order valence-corrected chi connectivity index (χ1v) is 6.99. The molecule has 0 spiro atoms. The predicted molar refractivity (Wildman–Crippen MR) is 85.8 cm³/mol. The first-order chi connectivity index (χ1) is 10.7. The minimum absolute atomic E-state index is 0.292. The number of aryl methyl sites for hydroxylation is 1. The lowest BCUT2D eigenvalue weighted by Gasteiger charge is -2.06. The molecule has 2 aromatic carbocycles. The smallest absolute Gasteiger partial charge is 0.349 e. The van der Waals surface area contributed by atoms with Crippen molar-refractivity contribution in [3.63, 3.8) is 0 Å². The standard InChI is InChI=1S/C18H12N2O2/c1-11-13-9-5-6-10-14(13)19-16-15(11)18(21)22-17(20-16)12-7-3-2-4-8-12/h2-10H,1H3. The van der Waals surface area contributed by atoms with Crippen LogP contribution in [0.2, 0.25) is 0 Å². The number of aromatic nitrogens is 2. The van der Waals surface area contributed by atoms with Crippen molar-refractivity contribution >= 4 is 21.9 Å². The Morgan fingerprint density at radius 1 is 0.909 bits per heavy atom. The van der Waals surface area contributed by atoms with E-state index in [4.69, 9.17) is 4.42 Å². The number of para-hydroxylation sites is 1. The molecule has 22 heavy (non-hydrogen) atoms. The quantitative estimate of drug-likeness (QED) is 0.501. The van der Waals surface area contributed by atoms with Gasteiger partial charge in [0.05, 0.1) is 5.52 Å². The zero-order chi connectivity index (χ0) is 15.1. The summed E-state index contributed by atoms with van der Waals surface area (Å²) in [6, 6.07) is 17.1. The first kappa shape index (κ1) is 12.7. The van der Waals surface area contributed by atoms with Gasteiger partial charge in [0.25, 0.3) is 0 Å². The van der Waals surface area contributed by atoms with Gasteiger partial charge < -0.3 is 4.42 Å². The summed E-state index contributed by atoms with van der Waals surface area (Å²) in [7, 11) is 0. The predicted octanol–water partition coefficient (Wildman–Crippen LogP) is 3.71. The van der Waals surface area contributed by atoms with Gasteiger partial charge in [0.15, 0.2) is 5.65 Å². The lowest BCUT2D eigenvalue weighted by molar-refractivity contribution is 0.517. The van der Waals surface area contributed by atoms with Gasteiger partial charge in [0.2, 0.25) is 5.89 Å². The van der Waals surface area contributed by atoms with Crippen molar-refractivity contribution in [1.29, 1.82) is 0 Å². The average molecular weight is 288 g/mol. The highest BCUT2D eigenvalue weighted by atomic mass is 16.4. The number of fused-ring (bicyclic) bond motifs is 2. The zero-order valence-electron chi connectivity index (χ0n) is 11.9. The van der Waals surface area contributed by atoms with Crippen LogP contribution in [-0.4, -0.2) is 9.97 Å². The Bertz CT molecular complexity index is 1050. The van der Waals surface area contributed by atoms with Crippen molar-refractivity contribution in [2.45, 2.75) is 6.92 Å². The van der Waals surface area contributed by atoms with Gasteiger partial charge in [-0.15, -0.1) is 0 Å². The van der Waals surface area contributed by atoms with E-state index in [2.05, 4.69) is 9.97 Å². The Balaban J connectivity index is 2.11. The molecule has 4 rings (SSSR count). The first-order valence-electron chi connectivity index (χ1n) is 6.99. The Labute approximate surface area is 126 Å². The van der Waals surface area contributed by atoms with E-state index in [1.807, 2.05) is 61.5 Å². The number of nitrogens with zero attached hydrogens (tertiary/aromatic N) is 2. The van der Waals surface area contributed by atoms with Gasteiger partial charge in [0, 0.05) is 10.9 Å². The summed E-state index contributed by atoms with van der Waals surface area (Å²) in [6.07, 6.45) is 0. The topological polar surface area (TPSA) is 56.0 Å². The lowest BCUT2D eigenvalue weighted by Crippen LogP contribution is -2.06. The minimum Gasteiger partial charge on any atom is -0.403 e. The van der Waals surface area contributed by atoms with E-state index in [1.54, 1.807) is 0 Å². The maximum Gasteiger partial charge on any atom is 0.349 e. The number of benzene rings is 2. The van der Waals surface area contributed by atoms with Crippen LogP contribution in [0, 0.1) is 6.92 Å². The lowest BCUT2D eigenvalue weighted by atomic mass is 10.1. The molecule has 106 valence electrons. The fraction of sp³-hybridized carbons (Fsp3) is 0.0556. The van der Waals surface area contributed by atoms with Crippen molar-refractivity contribution in [2.75, 3.05) is 0 Å². The fourth-order valence-corrected chi connectivity index (χ4v) is 2.65. The van der Waals surface area contributed by atoms with E-state index in [0.29, 0.717) is 16.9 Å². The molecule has 0 fully saturated rings. The molecule has 4 nitrogen and oxygen atoms in total. The van der Waals surface area contributed by atoms with Gasteiger partial charge >= 0.3 is 5.63 Å². The molecule has 0 N–H and O–H groups in total. The van der Waals surface area contributed by atoms with Crippen LogP contribution >= 0.6 is 0 Å². The van der Waals surface area contributed by atoms with Crippen LogP contribution in [0.4, 0.5) is 0 Å². The number of hydrogen-bond acceptors (Lipinski definition) is 4. The maximum absolute atomic E-state index is 12.4. The van der Waals surface area contributed by atoms with Crippen molar-refractivity contribution in [3.8, 4) is 11.5 Å². The summed E-state index contributed by atoms with van der Waals surface area (Å²) < 4.78 is 5.40. The second kappa shape index (κ2) is 4.77. The Kier molecular flexibility index (Phi) is 2.76. The third-order valence-corrected chi connectivity index (χ3v) is 3.75. The van der Waals surface area contributed by atoms with Gasteiger partial charge in [-0.05, 0) is 30.7 Å². The molecule has 0 aliphatic rings. The van der Waals surface area contributed by atoms with E-state index in [-0.39, 0.29) is 0 Å². The molecule has 2 heterocycles. The normalized spacial score (nSPS) is 11.1. The molecule has 2 aromatic heterocycles. The monoisotopic (exact) mass is 288 g/mol. The maximum atomic E-state index is 12.4. The van der Waals surface area contributed by atoms with E-state index in [9.17, 15) is 4.79 Å². The van der Waals surface area contributed by atoms with E-state index >= 15 is 0 Å². The van der Waals surface area contributed by atoms with Crippen molar-refractivity contribution < 1.29 is 4.42 Å². The van der Waals surface area contributed by atoms with E-state index in [0.717, 1.165) is 22.0 Å². The van der Waals surface area contributed by atoms with Crippen LogP contribution in [0.15, 0.2) is 63.8 Å². The summed E-state index contributed by atoms with van der Waals surface area (Å²) in [6.45, 7) is 1.90. The van der Waals surface area contributed by atoms with Crippen molar-refractivity contribution in [1.82, 2.24) is 9.97 Å². The van der Waals surface area contributed by atoms with Gasteiger partial charge in [0.1, 0.15) is 5.39 Å². The largest absolute Gasteiger partial charge is 0.403 e. The second-order valence-electron chi connectivity index (χ2n) is 5.13. The van der Waals surface area contributed by atoms with Crippen LogP contribution in [0.1, 0.15) is 5.56 Å². The highest BCUT2D eigenvalue weighted by Gasteiger charge is 2.14. The SMILES string of the molecule is Cc1c2ccccc2nc2nc(-c3ccccc3)oc(=O)c12. The zero-order valence-corrected chi connectivity index (χ0v) is 11.9. The van der Waals surface area contributed by atoms with Crippen molar-refractivity contribution in [2.24, 2.45) is 0 Å². The average Bonchev–Trinajstić information content (AvgIpc) is 2.55. The molecule has 0 saturated carbocycles. The summed E-state index contributed by atoms with van der Waals surface area (Å²) in [5.41, 5.74) is 2.45. The molecule has 0 aliphatic heterocycles. The van der Waals surface area contributed by atoms with Crippen LogP contribution in [0.25, 0.3) is 33.4 Å². The number of pyridine rings is 1. The van der Waals surface area contributed by atoms with Crippen LogP contribution in [-0.2, 0) is 0 Å². The van der Waals surface area contributed by atoms with Crippen molar-refractivity contribution in [3.05, 3.63) is 70.6 Å². The van der Waals surface area contributed by atoms with Gasteiger partial charge in [-0.1, -0.05) is 36.4 Å². The van der Waals surface area contributed by atoms with E-state index < -0.39 is 5.63 Å². The minimum atomic E-state index is -0.403. The molecular formula is C18H12N2O2. The number of rotatable bonds is 1. The van der Waals surface area contributed by atoms with Gasteiger partial charge in [-0.2, -0.15) is 4.98 Å². The highest BCUT2D eigenvalue weighted by Crippen LogP contribution is 2.24. The molecule has 0 bridgehead atoms. The molecule has 0 saturated heterocycles. The van der Waals surface area contributed by atoms with Crippen LogP contribution < -0.4 is 5.63 Å². The summed E-state index contributed by atoms with van der Waals surface area (Å²) in [5.74, 6) is 0.292. The highest BCUT2D eigenvalue weighted by molar-refractivity contribution is 5.95. The third kappa shape index (κ3) is 1.89. The van der Waals surface area contributed by atoms with E-state index in [1.165, 1.54) is 0 Å². The van der Waals surface area contributed by atoms with Crippen LogP contribution in [0.5, 0.6) is 0 Å². The molecular weight excluding hydrogens is 276 g/mol. The molecule has 0 unspecified atom stereocenters. The molecule has 4 heteroatoms. The summed E-state index contributed by atoms with van der Waals surface area (Å²) >= 11 is 0. The summed E-state index contributed by atoms with van der Waals surface area (Å²) in [5, 5.41) is 1.38. The van der Waals surface area contributed by atoms with Gasteiger partial charge in [-0.3, -0.25) is 0 Å². The second-order valence-corrected chi connectivity index (χ2v) is 5.13. The third-order valence-electron chi connectivity index (χ3n) is 3.75. The molecule has 0 radical (unpaired) electrons. The molecule has 0 aliphatic carbocycles. The Morgan fingerprint density at radius 2 is 1.64 bits per heavy atom. The number of hydrogen-bond donors (Lipinski definition) is 0. The Hall–Kier alpha value is -3.01. The summed E-state index contributed by atoms with van der Waals surface area (Å²) in [4.78, 5) is 21.3. The fourth-order valence-electron chi connectivity index (χ4n) is 2.65.